The van der Waals surface area contributed by atoms with Gasteiger partial charge in [-0.3, -0.25) is 37.3 Å². The molecule has 3 unspecified atom stereocenters. The molecule has 0 aromatic carbocycles. The van der Waals surface area contributed by atoms with Crippen molar-refractivity contribution >= 4 is 39.5 Å². The van der Waals surface area contributed by atoms with Crippen molar-refractivity contribution in [3.05, 3.63) is 0 Å². The molecule has 0 saturated carbocycles. The van der Waals surface area contributed by atoms with Crippen molar-refractivity contribution in [1.82, 2.24) is 0 Å². The van der Waals surface area contributed by atoms with Gasteiger partial charge in [0.25, 0.3) is 0 Å². The summed E-state index contributed by atoms with van der Waals surface area (Å²) >= 11 is 0. The molecular weight excluding hydrogens is 1260 g/mol. The van der Waals surface area contributed by atoms with E-state index in [2.05, 4.69) is 41.5 Å². The Bertz CT molecular complexity index is 1860. The van der Waals surface area contributed by atoms with E-state index in [1.54, 1.807) is 0 Å². The molecule has 0 aliphatic rings. The first-order valence-electron chi connectivity index (χ1n) is 40.0. The summed E-state index contributed by atoms with van der Waals surface area (Å²) in [6.07, 6.45) is 57.0. The van der Waals surface area contributed by atoms with Crippen LogP contribution in [-0.4, -0.2) is 96.7 Å². The molecule has 0 saturated heterocycles. The van der Waals surface area contributed by atoms with E-state index in [4.69, 9.17) is 37.0 Å². The fourth-order valence-electron chi connectivity index (χ4n) is 11.8. The highest BCUT2D eigenvalue weighted by Crippen LogP contribution is 2.45. The number of aliphatic hydroxyl groups excluding tert-OH is 1. The second-order valence-electron chi connectivity index (χ2n) is 28.5. The van der Waals surface area contributed by atoms with Gasteiger partial charge in [-0.25, -0.2) is 9.13 Å². The third-order valence-corrected chi connectivity index (χ3v) is 20.2. The molecule has 0 aliphatic carbocycles. The normalized spacial score (nSPS) is 14.3. The van der Waals surface area contributed by atoms with Crippen LogP contribution in [0, 0.1) is 11.8 Å². The number of phosphoric acid groups is 2. The van der Waals surface area contributed by atoms with Gasteiger partial charge in [0.15, 0.2) is 12.2 Å². The van der Waals surface area contributed by atoms with E-state index in [1.807, 2.05) is 0 Å². The number of aliphatic hydroxyl groups is 1. The SMILES string of the molecule is CCCCCCCCCCCCCCCCCCCCCCCCC(=O)O[C@H](COC(=O)CCCCCCCCCCCCC(C)C)COP(=O)(O)OC[C@@H](O)COP(=O)(O)OC[C@@H](COC(=O)CCCCCCCCCCC)OC(=O)CCCCCCCCCCC(C)CC. The number of esters is 4. The van der Waals surface area contributed by atoms with Gasteiger partial charge >= 0.3 is 39.5 Å². The number of carbonyl (C=O) groups is 4. The van der Waals surface area contributed by atoms with Gasteiger partial charge in [0, 0.05) is 25.7 Å². The molecular formula is C77H150O17P2. The lowest BCUT2D eigenvalue weighted by atomic mass is 9.99. The number of hydrogen-bond donors (Lipinski definition) is 3. The minimum Gasteiger partial charge on any atom is -0.462 e. The highest BCUT2D eigenvalue weighted by Gasteiger charge is 2.30. The molecule has 3 N–H and O–H groups in total. The maximum Gasteiger partial charge on any atom is 0.472 e. The molecule has 19 heteroatoms. The van der Waals surface area contributed by atoms with Crippen LogP contribution in [0.25, 0.3) is 0 Å². The van der Waals surface area contributed by atoms with E-state index in [-0.39, 0.29) is 25.7 Å². The Morgan fingerprint density at radius 3 is 0.792 bits per heavy atom. The summed E-state index contributed by atoms with van der Waals surface area (Å²) in [5.74, 6) is -0.591. The van der Waals surface area contributed by atoms with Crippen molar-refractivity contribution in [1.29, 1.82) is 0 Å². The van der Waals surface area contributed by atoms with Crippen molar-refractivity contribution in [2.24, 2.45) is 11.8 Å². The van der Waals surface area contributed by atoms with Crippen molar-refractivity contribution < 1.29 is 80.2 Å². The van der Waals surface area contributed by atoms with Crippen molar-refractivity contribution in [3.8, 4) is 0 Å². The van der Waals surface area contributed by atoms with E-state index >= 15 is 0 Å². The summed E-state index contributed by atoms with van der Waals surface area (Å²) in [5.41, 5.74) is 0. The summed E-state index contributed by atoms with van der Waals surface area (Å²) in [5, 5.41) is 10.6. The minimum atomic E-state index is -4.96. The molecule has 0 aromatic rings. The zero-order chi connectivity index (χ0) is 70.7. The molecule has 17 nitrogen and oxygen atoms in total. The summed E-state index contributed by atoms with van der Waals surface area (Å²) in [6, 6.07) is 0. The lowest BCUT2D eigenvalue weighted by Gasteiger charge is -2.21. The van der Waals surface area contributed by atoms with Crippen LogP contribution in [-0.2, 0) is 65.4 Å². The minimum absolute atomic E-state index is 0.105. The van der Waals surface area contributed by atoms with Crippen LogP contribution in [0.1, 0.15) is 401 Å². The second kappa shape index (κ2) is 68.8. The summed E-state index contributed by atoms with van der Waals surface area (Å²) in [6.45, 7) is 9.57. The molecule has 0 spiro atoms. The van der Waals surface area contributed by atoms with Gasteiger partial charge in [0.2, 0.25) is 0 Å². The van der Waals surface area contributed by atoms with Gasteiger partial charge in [0.05, 0.1) is 26.4 Å². The Morgan fingerprint density at radius 2 is 0.531 bits per heavy atom. The molecule has 0 aromatic heterocycles. The van der Waals surface area contributed by atoms with Gasteiger partial charge in [0.1, 0.15) is 19.3 Å². The molecule has 0 fully saturated rings. The summed E-state index contributed by atoms with van der Waals surface area (Å²) < 4.78 is 68.5. The van der Waals surface area contributed by atoms with Crippen LogP contribution in [0.5, 0.6) is 0 Å². The Hall–Kier alpha value is -1.94. The fraction of sp³-hybridized carbons (Fsp3) is 0.948. The first-order valence-corrected chi connectivity index (χ1v) is 43.0. The first-order chi connectivity index (χ1) is 46.4. The van der Waals surface area contributed by atoms with E-state index in [0.29, 0.717) is 25.7 Å². The topological polar surface area (TPSA) is 237 Å². The molecule has 0 amide bonds. The predicted octanol–water partition coefficient (Wildman–Crippen LogP) is 22.7. The smallest absolute Gasteiger partial charge is 0.462 e. The standard InChI is InChI=1S/C77H150O17P2/c1-7-10-12-14-16-18-19-20-21-22-23-24-25-26-27-28-29-30-36-43-49-55-61-76(81)93-72(66-88-75(80)60-54-48-42-35-32-31-34-39-45-51-57-69(4)5)67-91-95(83,84)89-63-71(78)64-90-96(85,86)92-68-73(65-87-74(79)59-53-47-41-33-17-15-13-11-8-2)94-77(82)62-56-50-44-38-37-40-46-52-58-70(6)9-3/h69-73,78H,7-68H2,1-6H3,(H,83,84)(H,85,86)/t70?,71-,72-,73-/m1/s1. The van der Waals surface area contributed by atoms with Crippen molar-refractivity contribution in [2.45, 2.75) is 419 Å². The van der Waals surface area contributed by atoms with Crippen LogP contribution in [0.4, 0.5) is 0 Å². The molecule has 0 radical (unpaired) electrons. The number of hydrogen-bond acceptors (Lipinski definition) is 15. The van der Waals surface area contributed by atoms with Crippen molar-refractivity contribution in [2.75, 3.05) is 39.6 Å². The molecule has 570 valence electrons. The van der Waals surface area contributed by atoms with Gasteiger partial charge in [-0.05, 0) is 37.5 Å². The van der Waals surface area contributed by atoms with E-state index in [0.717, 1.165) is 102 Å². The zero-order valence-corrected chi connectivity index (χ0v) is 64.5. The largest absolute Gasteiger partial charge is 0.472 e. The maximum atomic E-state index is 13.1. The van der Waals surface area contributed by atoms with E-state index < -0.39 is 97.5 Å². The number of carbonyl (C=O) groups excluding carboxylic acids is 4. The third kappa shape index (κ3) is 69.2. The second-order valence-corrected chi connectivity index (χ2v) is 31.4. The van der Waals surface area contributed by atoms with Crippen molar-refractivity contribution in [3.63, 3.8) is 0 Å². The molecule has 96 heavy (non-hydrogen) atoms. The van der Waals surface area contributed by atoms with Gasteiger partial charge < -0.3 is 33.8 Å². The molecule has 0 bridgehead atoms. The fourth-order valence-corrected chi connectivity index (χ4v) is 13.4. The van der Waals surface area contributed by atoms with E-state index in [9.17, 15) is 43.2 Å². The molecule has 6 atom stereocenters. The lowest BCUT2D eigenvalue weighted by molar-refractivity contribution is -0.161. The number of ether oxygens (including phenoxy) is 4. The summed E-state index contributed by atoms with van der Waals surface area (Å²) in [7, 11) is -9.91. The maximum absolute atomic E-state index is 13.1. The number of unbranched alkanes of at least 4 members (excludes halogenated alkanes) is 45. The third-order valence-electron chi connectivity index (χ3n) is 18.3. The van der Waals surface area contributed by atoms with Gasteiger partial charge in [-0.15, -0.1) is 0 Å². The Morgan fingerprint density at radius 1 is 0.302 bits per heavy atom. The number of rotatable bonds is 76. The average Bonchev–Trinajstić information content (AvgIpc) is 2.60. The Kier molecular flexibility index (Phi) is 67.4. The van der Waals surface area contributed by atoms with E-state index in [1.165, 1.54) is 218 Å². The van der Waals surface area contributed by atoms with Crippen LogP contribution in [0.15, 0.2) is 0 Å². The van der Waals surface area contributed by atoms with Crippen LogP contribution in [0.2, 0.25) is 0 Å². The quantitative estimate of drug-likeness (QED) is 0.0222. The predicted molar refractivity (Wildman–Crippen MR) is 391 cm³/mol. The first kappa shape index (κ1) is 94.1. The Balaban J connectivity index is 5.18. The summed E-state index contributed by atoms with van der Waals surface area (Å²) in [4.78, 5) is 72.8. The van der Waals surface area contributed by atoms with Crippen LogP contribution < -0.4 is 0 Å². The molecule has 0 rings (SSSR count). The van der Waals surface area contributed by atoms with Crippen LogP contribution in [0.3, 0.4) is 0 Å². The Labute approximate surface area is 588 Å². The van der Waals surface area contributed by atoms with Gasteiger partial charge in [-0.1, -0.05) is 350 Å². The molecule has 0 heterocycles. The lowest BCUT2D eigenvalue weighted by Crippen LogP contribution is -2.30. The average molecular weight is 1410 g/mol. The molecule has 0 aliphatic heterocycles. The highest BCUT2D eigenvalue weighted by molar-refractivity contribution is 7.47. The highest BCUT2D eigenvalue weighted by atomic mass is 31.2. The zero-order valence-electron chi connectivity index (χ0n) is 62.7. The van der Waals surface area contributed by atoms with Gasteiger partial charge in [-0.2, -0.15) is 0 Å². The monoisotopic (exact) mass is 1410 g/mol. The van der Waals surface area contributed by atoms with Crippen LogP contribution >= 0.6 is 15.6 Å². The number of phosphoric ester groups is 2.